The first-order chi connectivity index (χ1) is 8.79. The summed E-state index contributed by atoms with van der Waals surface area (Å²) in [7, 11) is 0. The molecule has 1 atom stereocenters. The van der Waals surface area contributed by atoms with Crippen molar-refractivity contribution in [3.05, 3.63) is 65.7 Å². The third-order valence-corrected chi connectivity index (χ3v) is 4.09. The van der Waals surface area contributed by atoms with Crippen LogP contribution in [0.25, 0.3) is 0 Å². The minimum Gasteiger partial charge on any atom is -0.323 e. The van der Waals surface area contributed by atoms with Gasteiger partial charge in [-0.3, -0.25) is 0 Å². The average Bonchev–Trinajstić information content (AvgIpc) is 2.46. The van der Waals surface area contributed by atoms with Crippen LogP contribution in [0.3, 0.4) is 0 Å². The predicted molar refractivity (Wildman–Crippen MR) is 79.9 cm³/mol. The third-order valence-electron chi connectivity index (χ3n) is 2.96. The van der Waals surface area contributed by atoms with Crippen LogP contribution in [-0.4, -0.2) is 5.75 Å². The monoisotopic (exact) mass is 257 g/mol. The van der Waals surface area contributed by atoms with E-state index in [0.29, 0.717) is 0 Å². The molecule has 1 unspecified atom stereocenters. The summed E-state index contributed by atoms with van der Waals surface area (Å²) in [5.74, 6) is 0.914. The second kappa shape index (κ2) is 6.62. The van der Waals surface area contributed by atoms with Gasteiger partial charge in [-0.2, -0.15) is 0 Å². The Bertz CT molecular complexity index is 481. The average molecular weight is 257 g/mol. The lowest BCUT2D eigenvalue weighted by molar-refractivity contribution is 0.828. The van der Waals surface area contributed by atoms with Crippen molar-refractivity contribution in [1.82, 2.24) is 0 Å². The van der Waals surface area contributed by atoms with Gasteiger partial charge in [0.1, 0.15) is 0 Å². The topological polar surface area (TPSA) is 26.0 Å². The summed E-state index contributed by atoms with van der Waals surface area (Å²) in [6.45, 7) is 2.17. The molecule has 94 valence electrons. The molecule has 0 saturated carbocycles. The lowest BCUT2D eigenvalue weighted by Crippen LogP contribution is -2.13. The first-order valence-corrected chi connectivity index (χ1v) is 7.30. The Kier molecular flexibility index (Phi) is 4.85. The van der Waals surface area contributed by atoms with Gasteiger partial charge < -0.3 is 5.73 Å². The summed E-state index contributed by atoms with van der Waals surface area (Å²) in [5, 5.41) is 0. The van der Waals surface area contributed by atoms with Gasteiger partial charge in [0.25, 0.3) is 0 Å². The molecule has 2 rings (SSSR count). The number of nitrogens with two attached hydrogens (primary N) is 1. The molecular weight excluding hydrogens is 238 g/mol. The van der Waals surface area contributed by atoms with E-state index in [0.717, 1.165) is 12.2 Å². The van der Waals surface area contributed by atoms with Crippen molar-refractivity contribution in [1.29, 1.82) is 0 Å². The van der Waals surface area contributed by atoms with E-state index >= 15 is 0 Å². The number of rotatable bonds is 5. The molecular formula is C16H19NS. The van der Waals surface area contributed by atoms with Crippen LogP contribution in [0.4, 0.5) is 0 Å². The maximum Gasteiger partial charge on any atom is 0.0390 e. The van der Waals surface area contributed by atoms with Gasteiger partial charge in [-0.1, -0.05) is 49.4 Å². The van der Waals surface area contributed by atoms with E-state index in [1.165, 1.54) is 16.0 Å². The van der Waals surface area contributed by atoms with Gasteiger partial charge in [-0.15, -0.1) is 11.8 Å². The van der Waals surface area contributed by atoms with Gasteiger partial charge in [0.15, 0.2) is 0 Å². The van der Waals surface area contributed by atoms with Crippen LogP contribution >= 0.6 is 11.8 Å². The Morgan fingerprint density at radius 3 is 2.56 bits per heavy atom. The summed E-state index contributed by atoms with van der Waals surface area (Å²) in [6, 6.07) is 19.1. The molecule has 2 aromatic rings. The summed E-state index contributed by atoms with van der Waals surface area (Å²) in [6.07, 6.45) is 1.06. The van der Waals surface area contributed by atoms with Gasteiger partial charge in [-0.25, -0.2) is 0 Å². The van der Waals surface area contributed by atoms with Gasteiger partial charge in [0.05, 0.1) is 0 Å². The molecule has 0 aliphatic rings. The number of benzene rings is 2. The number of thioether (sulfide) groups is 1. The van der Waals surface area contributed by atoms with Crippen LogP contribution in [0, 0.1) is 0 Å². The SMILES string of the molecule is CCc1cccc(C(N)CSc2ccccc2)c1. The zero-order valence-electron chi connectivity index (χ0n) is 10.7. The normalized spacial score (nSPS) is 12.3. The lowest BCUT2D eigenvalue weighted by Gasteiger charge is -2.12. The maximum absolute atomic E-state index is 6.25. The summed E-state index contributed by atoms with van der Waals surface area (Å²) in [4.78, 5) is 1.28. The van der Waals surface area contributed by atoms with E-state index in [4.69, 9.17) is 5.73 Å². The Morgan fingerprint density at radius 1 is 1.06 bits per heavy atom. The van der Waals surface area contributed by atoms with Crippen molar-refractivity contribution < 1.29 is 0 Å². The van der Waals surface area contributed by atoms with Crippen LogP contribution in [0.2, 0.25) is 0 Å². The first-order valence-electron chi connectivity index (χ1n) is 6.32. The molecule has 0 heterocycles. The van der Waals surface area contributed by atoms with E-state index in [1.807, 2.05) is 17.8 Å². The molecule has 0 aliphatic carbocycles. The van der Waals surface area contributed by atoms with Crippen molar-refractivity contribution in [2.75, 3.05) is 5.75 Å². The predicted octanol–water partition coefficient (Wildman–Crippen LogP) is 4.04. The van der Waals surface area contributed by atoms with E-state index in [1.54, 1.807) is 0 Å². The molecule has 18 heavy (non-hydrogen) atoms. The fourth-order valence-corrected chi connectivity index (χ4v) is 2.76. The van der Waals surface area contributed by atoms with Crippen LogP contribution < -0.4 is 5.73 Å². The molecule has 0 bridgehead atoms. The zero-order chi connectivity index (χ0) is 12.8. The van der Waals surface area contributed by atoms with Crippen LogP contribution in [0.1, 0.15) is 24.1 Å². The fourth-order valence-electron chi connectivity index (χ4n) is 1.84. The van der Waals surface area contributed by atoms with Gasteiger partial charge in [0, 0.05) is 16.7 Å². The highest BCUT2D eigenvalue weighted by molar-refractivity contribution is 7.99. The molecule has 0 fully saturated rings. The quantitative estimate of drug-likeness (QED) is 0.818. The number of aryl methyl sites for hydroxylation is 1. The van der Waals surface area contributed by atoms with Gasteiger partial charge in [-0.05, 0) is 29.7 Å². The fraction of sp³-hybridized carbons (Fsp3) is 0.250. The van der Waals surface area contributed by atoms with Crippen molar-refractivity contribution in [3.63, 3.8) is 0 Å². The highest BCUT2D eigenvalue weighted by atomic mass is 32.2. The smallest absolute Gasteiger partial charge is 0.0390 e. The van der Waals surface area contributed by atoms with E-state index < -0.39 is 0 Å². The van der Waals surface area contributed by atoms with Crippen LogP contribution in [-0.2, 0) is 6.42 Å². The third kappa shape index (κ3) is 3.62. The molecule has 0 aromatic heterocycles. The highest BCUT2D eigenvalue weighted by Crippen LogP contribution is 2.23. The van der Waals surface area contributed by atoms with Crippen molar-refractivity contribution >= 4 is 11.8 Å². The Balaban J connectivity index is 1.97. The largest absolute Gasteiger partial charge is 0.323 e. The minimum atomic E-state index is 0.0988. The van der Waals surface area contributed by atoms with Crippen molar-refractivity contribution in [2.45, 2.75) is 24.3 Å². The molecule has 2 aromatic carbocycles. The van der Waals surface area contributed by atoms with Crippen LogP contribution in [0.5, 0.6) is 0 Å². The molecule has 0 spiro atoms. The second-order valence-corrected chi connectivity index (χ2v) is 5.42. The van der Waals surface area contributed by atoms with E-state index in [-0.39, 0.29) is 6.04 Å². The number of hydrogen-bond donors (Lipinski definition) is 1. The molecule has 1 nitrogen and oxygen atoms in total. The molecule has 0 aliphatic heterocycles. The maximum atomic E-state index is 6.25. The van der Waals surface area contributed by atoms with Gasteiger partial charge >= 0.3 is 0 Å². The van der Waals surface area contributed by atoms with E-state index in [9.17, 15) is 0 Å². The molecule has 2 heteroatoms. The summed E-state index contributed by atoms with van der Waals surface area (Å²) >= 11 is 1.81. The van der Waals surface area contributed by atoms with Crippen molar-refractivity contribution in [3.8, 4) is 0 Å². The Hall–Kier alpha value is -1.25. The Labute approximate surface area is 113 Å². The lowest BCUT2D eigenvalue weighted by atomic mass is 10.0. The van der Waals surface area contributed by atoms with Crippen molar-refractivity contribution in [2.24, 2.45) is 5.73 Å². The first kappa shape index (κ1) is 13.2. The molecule has 0 saturated heterocycles. The van der Waals surface area contributed by atoms with Crippen LogP contribution in [0.15, 0.2) is 59.5 Å². The summed E-state index contributed by atoms with van der Waals surface area (Å²) in [5.41, 5.74) is 8.83. The van der Waals surface area contributed by atoms with E-state index in [2.05, 4.69) is 55.5 Å². The number of hydrogen-bond acceptors (Lipinski definition) is 2. The van der Waals surface area contributed by atoms with Gasteiger partial charge in [0.2, 0.25) is 0 Å². The standard InChI is InChI=1S/C16H19NS/c1-2-13-7-6-8-14(11-13)16(17)12-18-15-9-4-3-5-10-15/h3-11,16H,2,12,17H2,1H3. The Morgan fingerprint density at radius 2 is 1.83 bits per heavy atom. The zero-order valence-corrected chi connectivity index (χ0v) is 11.5. The molecule has 0 amide bonds. The molecule has 2 N–H and O–H groups in total. The summed E-state index contributed by atoms with van der Waals surface area (Å²) < 4.78 is 0. The minimum absolute atomic E-state index is 0.0988. The second-order valence-electron chi connectivity index (χ2n) is 4.33. The molecule has 0 radical (unpaired) electrons. The highest BCUT2D eigenvalue weighted by Gasteiger charge is 2.06.